The molecule has 0 bridgehead atoms. The van der Waals surface area contributed by atoms with Gasteiger partial charge in [-0.05, 0) is 18.7 Å². The van der Waals surface area contributed by atoms with E-state index in [1.807, 2.05) is 0 Å². The van der Waals surface area contributed by atoms with Crippen molar-refractivity contribution in [2.45, 2.75) is 11.8 Å². The molecule has 1 fully saturated rings. The summed E-state index contributed by atoms with van der Waals surface area (Å²) >= 11 is 0. The van der Waals surface area contributed by atoms with Gasteiger partial charge >= 0.3 is 0 Å². The number of rotatable bonds is 3. The topological polar surface area (TPSA) is 59.1 Å². The van der Waals surface area contributed by atoms with E-state index in [4.69, 9.17) is 9.47 Å². The fourth-order valence-corrected chi connectivity index (χ4v) is 4.06. The van der Waals surface area contributed by atoms with Crippen molar-refractivity contribution < 1.29 is 30.3 Å². The van der Waals surface area contributed by atoms with Crippen LogP contribution in [-0.2, 0) is 10.0 Å². The normalized spacial score (nSPS) is 19.5. The van der Waals surface area contributed by atoms with Crippen LogP contribution in [-0.4, -0.2) is 63.6 Å². The Bertz CT molecular complexity index is 615. The minimum Gasteiger partial charge on any atom is -1.00 e. The van der Waals surface area contributed by atoms with Crippen LogP contribution in [0.3, 0.4) is 0 Å². The molecule has 0 saturated carbocycles. The van der Waals surface area contributed by atoms with E-state index in [1.54, 1.807) is 22.5 Å². The first-order valence-corrected chi connectivity index (χ1v) is 8.67. The summed E-state index contributed by atoms with van der Waals surface area (Å²) in [6.45, 7) is 6.61. The number of fused-ring (bicyclic) bond motifs is 1. The zero-order chi connectivity index (χ0) is 14.9. The Hall–Kier alpha value is -1.02. The summed E-state index contributed by atoms with van der Waals surface area (Å²) in [6.07, 6.45) is 0. The van der Waals surface area contributed by atoms with Crippen molar-refractivity contribution in [3.63, 3.8) is 0 Å². The van der Waals surface area contributed by atoms with Crippen LogP contribution < -0.4 is 21.9 Å². The summed E-state index contributed by atoms with van der Waals surface area (Å²) in [7, 11) is -3.46. The molecule has 22 heavy (non-hydrogen) atoms. The first kappa shape index (κ1) is 17.3. The highest BCUT2D eigenvalue weighted by Gasteiger charge is 2.29. The summed E-state index contributed by atoms with van der Waals surface area (Å²) in [5.41, 5.74) is 0. The molecular weight excluding hydrogens is 328 g/mol. The van der Waals surface area contributed by atoms with E-state index in [2.05, 4.69) is 11.8 Å². The average Bonchev–Trinajstić information content (AvgIpc) is 2.54. The second-order valence-electron chi connectivity index (χ2n) is 5.14. The maximum absolute atomic E-state index is 12.7. The van der Waals surface area contributed by atoms with E-state index in [0.29, 0.717) is 37.8 Å². The molecule has 8 heteroatoms. The van der Waals surface area contributed by atoms with Crippen molar-refractivity contribution in [2.75, 3.05) is 45.9 Å². The number of piperazine rings is 1. The second-order valence-corrected chi connectivity index (χ2v) is 7.08. The Balaban J connectivity index is 0.00000176. The van der Waals surface area contributed by atoms with Crippen molar-refractivity contribution >= 4 is 10.0 Å². The third-order valence-corrected chi connectivity index (χ3v) is 5.82. The molecule has 1 aromatic rings. The minimum atomic E-state index is -3.46. The Kier molecular flexibility index (Phi) is 5.55. The highest BCUT2D eigenvalue weighted by Crippen LogP contribution is 2.33. The summed E-state index contributed by atoms with van der Waals surface area (Å²) < 4.78 is 37.8. The molecule has 3 rings (SSSR count). The maximum atomic E-state index is 12.7. The molecule has 0 aliphatic carbocycles. The van der Waals surface area contributed by atoms with Crippen LogP contribution in [0.4, 0.5) is 0 Å². The summed E-state index contributed by atoms with van der Waals surface area (Å²) in [4.78, 5) is 2.52. The van der Waals surface area contributed by atoms with Crippen LogP contribution in [0.2, 0.25) is 0 Å². The molecule has 0 unspecified atom stereocenters. The molecule has 0 radical (unpaired) electrons. The van der Waals surface area contributed by atoms with Gasteiger partial charge in [0.15, 0.2) is 11.5 Å². The number of ether oxygens (including phenoxy) is 2. The second kappa shape index (κ2) is 7.04. The van der Waals surface area contributed by atoms with Crippen LogP contribution in [0.1, 0.15) is 6.92 Å². The molecule has 0 aromatic heterocycles. The van der Waals surface area contributed by atoms with Gasteiger partial charge in [0, 0.05) is 32.2 Å². The van der Waals surface area contributed by atoms with Crippen molar-refractivity contribution in [2.24, 2.45) is 0 Å². The number of halogens is 1. The number of likely N-dealkylation sites (N-methyl/N-ethyl adjacent to an activating group) is 1. The zero-order valence-corrected chi connectivity index (χ0v) is 14.1. The van der Waals surface area contributed by atoms with Crippen molar-refractivity contribution in [3.8, 4) is 11.5 Å². The lowest BCUT2D eigenvalue weighted by molar-refractivity contribution is -0.00000749. The van der Waals surface area contributed by atoms with Gasteiger partial charge in [0.25, 0.3) is 0 Å². The first-order valence-electron chi connectivity index (χ1n) is 7.23. The zero-order valence-electron chi connectivity index (χ0n) is 12.5. The largest absolute Gasteiger partial charge is 1.00 e. The molecule has 2 aliphatic rings. The third kappa shape index (κ3) is 3.32. The van der Waals surface area contributed by atoms with Gasteiger partial charge in [-0.15, -0.1) is 0 Å². The van der Waals surface area contributed by atoms with Crippen molar-refractivity contribution in [3.05, 3.63) is 18.2 Å². The summed E-state index contributed by atoms with van der Waals surface area (Å²) in [5, 5.41) is 0. The molecule has 0 spiro atoms. The number of nitrogens with zero attached hydrogens (tertiary/aromatic N) is 2. The van der Waals surface area contributed by atoms with E-state index in [0.717, 1.165) is 19.6 Å². The standard InChI is InChI=1S/C14H20N2O4S.ClH/c1-2-15-5-7-16(8-6-15)21(17,18)12-3-4-13-14(11-12)20-10-9-19-13;/h3-4,11H,2,5-10H2,1H3;1H/p-1. The molecule has 2 heterocycles. The lowest BCUT2D eigenvalue weighted by atomic mass is 10.3. The number of benzene rings is 1. The molecule has 1 saturated heterocycles. The van der Waals surface area contributed by atoms with Crippen molar-refractivity contribution in [1.82, 2.24) is 9.21 Å². The predicted octanol–water partition coefficient (Wildman–Crippen LogP) is -2.21. The van der Waals surface area contributed by atoms with Crippen molar-refractivity contribution in [1.29, 1.82) is 0 Å². The third-order valence-electron chi connectivity index (χ3n) is 3.93. The minimum absolute atomic E-state index is 0. The molecule has 2 aliphatic heterocycles. The molecule has 124 valence electrons. The molecule has 1 aromatic carbocycles. The molecular formula is C14H20ClN2O4S-. The van der Waals surface area contributed by atoms with Gasteiger partial charge in [-0.2, -0.15) is 4.31 Å². The number of hydrogen-bond donors (Lipinski definition) is 0. The van der Waals surface area contributed by atoms with Crippen LogP contribution in [0.15, 0.2) is 23.1 Å². The van der Waals surface area contributed by atoms with E-state index in [1.165, 1.54) is 0 Å². The van der Waals surface area contributed by atoms with Gasteiger partial charge in [-0.25, -0.2) is 8.42 Å². The van der Waals surface area contributed by atoms with E-state index in [9.17, 15) is 8.42 Å². The Labute approximate surface area is 137 Å². The SMILES string of the molecule is CCN1CCN(S(=O)(=O)c2ccc3c(c2)OCCO3)CC1.[Cl-]. The van der Waals surface area contributed by atoms with E-state index >= 15 is 0 Å². The number of hydrogen-bond acceptors (Lipinski definition) is 5. The molecule has 0 N–H and O–H groups in total. The lowest BCUT2D eigenvalue weighted by Crippen LogP contribution is -3.00. The monoisotopic (exact) mass is 347 g/mol. The van der Waals surface area contributed by atoms with E-state index in [-0.39, 0.29) is 17.3 Å². The Morgan fingerprint density at radius 1 is 1.05 bits per heavy atom. The van der Waals surface area contributed by atoms with Crippen LogP contribution in [0.25, 0.3) is 0 Å². The van der Waals surface area contributed by atoms with Gasteiger partial charge in [0.1, 0.15) is 13.2 Å². The van der Waals surface area contributed by atoms with Crippen LogP contribution in [0, 0.1) is 0 Å². The lowest BCUT2D eigenvalue weighted by Gasteiger charge is -2.33. The van der Waals surface area contributed by atoms with Gasteiger partial charge in [0.05, 0.1) is 4.90 Å². The molecule has 0 amide bonds. The quantitative estimate of drug-likeness (QED) is 0.620. The highest BCUT2D eigenvalue weighted by molar-refractivity contribution is 7.89. The van der Waals surface area contributed by atoms with Gasteiger partial charge in [-0.1, -0.05) is 6.92 Å². The predicted molar refractivity (Wildman–Crippen MR) is 78.3 cm³/mol. The summed E-state index contributed by atoms with van der Waals surface area (Å²) in [5.74, 6) is 1.12. The van der Waals surface area contributed by atoms with Crippen LogP contribution >= 0.6 is 0 Å². The van der Waals surface area contributed by atoms with E-state index < -0.39 is 10.0 Å². The highest BCUT2D eigenvalue weighted by atomic mass is 35.5. The average molecular weight is 348 g/mol. The molecule has 6 nitrogen and oxygen atoms in total. The van der Waals surface area contributed by atoms with Gasteiger partial charge < -0.3 is 26.8 Å². The number of sulfonamides is 1. The smallest absolute Gasteiger partial charge is 0.243 e. The fourth-order valence-electron chi connectivity index (χ4n) is 2.62. The van der Waals surface area contributed by atoms with Crippen LogP contribution in [0.5, 0.6) is 11.5 Å². The van der Waals surface area contributed by atoms with Gasteiger partial charge in [0.2, 0.25) is 10.0 Å². The maximum Gasteiger partial charge on any atom is 0.243 e. The van der Waals surface area contributed by atoms with Gasteiger partial charge in [-0.3, -0.25) is 0 Å². The first-order chi connectivity index (χ1) is 10.1. The Morgan fingerprint density at radius 2 is 1.68 bits per heavy atom. The fraction of sp³-hybridized carbons (Fsp3) is 0.571. The Morgan fingerprint density at radius 3 is 2.32 bits per heavy atom. The molecule has 0 atom stereocenters. The summed E-state index contributed by atoms with van der Waals surface area (Å²) in [6, 6.07) is 4.83.